The van der Waals surface area contributed by atoms with E-state index in [2.05, 4.69) is 10.6 Å². The summed E-state index contributed by atoms with van der Waals surface area (Å²) in [5, 5.41) is 34.2. The van der Waals surface area contributed by atoms with Gasteiger partial charge in [0.1, 0.15) is 6.10 Å². The first kappa shape index (κ1) is 30.4. The summed E-state index contributed by atoms with van der Waals surface area (Å²) in [5.74, 6) is -5.56. The van der Waals surface area contributed by atoms with Crippen LogP contribution in [0.4, 0.5) is 5.69 Å². The van der Waals surface area contributed by atoms with E-state index in [1.165, 1.54) is 39.0 Å². The summed E-state index contributed by atoms with van der Waals surface area (Å²) in [7, 11) is 0. The van der Waals surface area contributed by atoms with Crippen LogP contribution in [-0.4, -0.2) is 69.9 Å². The molecule has 5 atom stereocenters. The van der Waals surface area contributed by atoms with Gasteiger partial charge in [-0.05, 0) is 45.2 Å². The van der Waals surface area contributed by atoms with Crippen molar-refractivity contribution >= 4 is 35.9 Å². The number of anilines is 1. The summed E-state index contributed by atoms with van der Waals surface area (Å²) in [4.78, 5) is 59.9. The van der Waals surface area contributed by atoms with Crippen molar-refractivity contribution in [2.24, 2.45) is 11.8 Å². The monoisotopic (exact) mass is 510 g/mol. The Labute approximate surface area is 209 Å². The number of nitrogens with one attached hydrogen (secondary N) is 2. The zero-order valence-corrected chi connectivity index (χ0v) is 20.9. The van der Waals surface area contributed by atoms with Crippen LogP contribution in [0.25, 0.3) is 0 Å². The fourth-order valence-electron chi connectivity index (χ4n) is 3.19. The minimum absolute atomic E-state index is 0.0489. The molecule has 0 fully saturated rings. The molecule has 0 aliphatic heterocycles. The number of carbonyl (C=O) groups excluding carboxylic acids is 4. The number of aromatic hydroxyl groups is 1. The minimum Gasteiger partial charge on any atom is -0.505 e. The smallest absolute Gasteiger partial charge is 0.331 e. The van der Waals surface area contributed by atoms with Crippen LogP contribution >= 0.6 is 0 Å². The molecule has 1 rings (SSSR count). The van der Waals surface area contributed by atoms with E-state index in [0.29, 0.717) is 12.8 Å². The van der Waals surface area contributed by atoms with E-state index in [0.717, 1.165) is 0 Å². The molecule has 0 saturated heterocycles. The van der Waals surface area contributed by atoms with Gasteiger partial charge in [0, 0.05) is 6.42 Å². The Morgan fingerprint density at radius 1 is 1.06 bits per heavy atom. The Bertz CT molecular complexity index is 947. The summed E-state index contributed by atoms with van der Waals surface area (Å²) in [6, 6.07) is 2.34. The Morgan fingerprint density at radius 2 is 1.69 bits per heavy atom. The van der Waals surface area contributed by atoms with Gasteiger partial charge in [0.15, 0.2) is 17.9 Å². The topological polar surface area (TPSA) is 189 Å². The number of ether oxygens (including phenoxy) is 2. The summed E-state index contributed by atoms with van der Waals surface area (Å²) >= 11 is 0. The Morgan fingerprint density at radius 3 is 2.22 bits per heavy atom. The summed E-state index contributed by atoms with van der Waals surface area (Å²) in [5.41, 5.74) is -0.336. The molecule has 1 aromatic rings. The first-order valence-electron chi connectivity index (χ1n) is 11.4. The fourth-order valence-corrected chi connectivity index (χ4v) is 3.19. The van der Waals surface area contributed by atoms with Crippen molar-refractivity contribution in [1.29, 1.82) is 0 Å². The number of aliphatic hydroxyl groups excluding tert-OH is 1. The van der Waals surface area contributed by atoms with E-state index >= 15 is 0 Å². The second kappa shape index (κ2) is 14.0. The highest BCUT2D eigenvalue weighted by atomic mass is 16.6. The minimum atomic E-state index is -1.61. The van der Waals surface area contributed by atoms with Crippen LogP contribution in [0.1, 0.15) is 57.8 Å². The first-order chi connectivity index (χ1) is 16.8. The van der Waals surface area contributed by atoms with E-state index in [1.54, 1.807) is 0 Å². The van der Waals surface area contributed by atoms with Crippen molar-refractivity contribution in [3.05, 3.63) is 23.8 Å². The van der Waals surface area contributed by atoms with Crippen LogP contribution in [0, 0.1) is 11.8 Å². The van der Waals surface area contributed by atoms with Crippen LogP contribution < -0.4 is 10.6 Å². The third kappa shape index (κ3) is 8.84. The van der Waals surface area contributed by atoms with Gasteiger partial charge in [-0.2, -0.15) is 0 Å². The Kier molecular flexibility index (Phi) is 11.8. The molecule has 0 aliphatic rings. The molecule has 0 aliphatic carbocycles. The van der Waals surface area contributed by atoms with Gasteiger partial charge >= 0.3 is 17.9 Å². The van der Waals surface area contributed by atoms with E-state index < -0.39 is 59.8 Å². The van der Waals surface area contributed by atoms with Gasteiger partial charge in [-0.1, -0.05) is 19.9 Å². The number of benzene rings is 1. The highest BCUT2D eigenvalue weighted by molar-refractivity contribution is 6.01. The highest BCUT2D eigenvalue weighted by Crippen LogP contribution is 2.27. The average Bonchev–Trinajstić information content (AvgIpc) is 2.79. The number of carboxylic acid groups (broad SMARTS) is 1. The number of aliphatic hydroxyl groups is 1. The molecule has 2 amide bonds. The van der Waals surface area contributed by atoms with E-state index in [-0.39, 0.29) is 23.6 Å². The van der Waals surface area contributed by atoms with Crippen molar-refractivity contribution in [3.8, 4) is 5.75 Å². The number of para-hydroxylation sites is 1. The van der Waals surface area contributed by atoms with Crippen molar-refractivity contribution in [2.75, 3.05) is 5.32 Å². The molecule has 0 saturated carbocycles. The second-order valence-electron chi connectivity index (χ2n) is 8.81. The number of rotatable bonds is 14. The third-order valence-corrected chi connectivity index (χ3v) is 5.36. The van der Waals surface area contributed by atoms with Gasteiger partial charge in [-0.15, -0.1) is 0 Å². The molecule has 0 radical (unpaired) electrons. The molecule has 0 heterocycles. The number of phenols is 1. The molecule has 36 heavy (non-hydrogen) atoms. The number of hydrogen-bond donors (Lipinski definition) is 5. The van der Waals surface area contributed by atoms with Gasteiger partial charge in [-0.3, -0.25) is 19.2 Å². The largest absolute Gasteiger partial charge is 0.505 e. The number of hydrogen-bond acceptors (Lipinski definition) is 9. The van der Waals surface area contributed by atoms with Crippen molar-refractivity contribution in [2.45, 2.75) is 71.8 Å². The summed E-state index contributed by atoms with van der Waals surface area (Å²) in [6.45, 7) is 7.66. The van der Waals surface area contributed by atoms with E-state index in [9.17, 15) is 39.3 Å². The lowest BCUT2D eigenvalue weighted by molar-refractivity contribution is -0.177. The SMILES string of the molecule is CC(C)CCC(=O)OC(C(C)OC(=O)[C@@H](NC(=O)c1cccc(NC=O)c1O)C(C)O)C(C)C(=O)O. The molecule has 0 bridgehead atoms. The predicted octanol–water partition coefficient (Wildman–Crippen LogP) is 1.44. The lowest BCUT2D eigenvalue weighted by Gasteiger charge is -2.29. The van der Waals surface area contributed by atoms with Crippen molar-refractivity contribution in [1.82, 2.24) is 5.32 Å². The molecular formula is C24H34N2O10. The lowest BCUT2D eigenvalue weighted by atomic mass is 10.00. The molecule has 5 N–H and O–H groups in total. The first-order valence-corrected chi connectivity index (χ1v) is 11.4. The Balaban J connectivity index is 3.03. The van der Waals surface area contributed by atoms with Gasteiger partial charge in [0.2, 0.25) is 6.41 Å². The molecule has 1 aromatic carbocycles. The van der Waals surface area contributed by atoms with Crippen LogP contribution in [0.2, 0.25) is 0 Å². The van der Waals surface area contributed by atoms with Crippen LogP contribution in [0.15, 0.2) is 18.2 Å². The van der Waals surface area contributed by atoms with E-state index in [1.807, 2.05) is 13.8 Å². The second-order valence-corrected chi connectivity index (χ2v) is 8.81. The zero-order valence-electron chi connectivity index (χ0n) is 20.9. The molecule has 12 nitrogen and oxygen atoms in total. The van der Waals surface area contributed by atoms with E-state index in [4.69, 9.17) is 9.47 Å². The fraction of sp³-hybridized carbons (Fsp3) is 0.542. The third-order valence-electron chi connectivity index (χ3n) is 5.36. The zero-order chi connectivity index (χ0) is 27.6. The number of phenolic OH excluding ortho intramolecular Hbond substituents is 1. The average molecular weight is 511 g/mol. The maximum Gasteiger partial charge on any atom is 0.331 e. The maximum atomic E-state index is 12.8. The number of carboxylic acids is 1. The summed E-state index contributed by atoms with van der Waals surface area (Å²) in [6.07, 6.45) is -3.14. The molecule has 12 heteroatoms. The normalized spacial score (nSPS) is 15.1. The van der Waals surface area contributed by atoms with Crippen molar-refractivity contribution < 1.29 is 48.8 Å². The number of amides is 2. The molecule has 0 spiro atoms. The highest BCUT2D eigenvalue weighted by Gasteiger charge is 2.37. The lowest BCUT2D eigenvalue weighted by Crippen LogP contribution is -2.51. The molecule has 0 aromatic heterocycles. The standard InChI is InChI=1S/C24H34N2O10/c1-12(2)9-10-18(29)36-21(13(3)23(32)33)15(5)35-24(34)19(14(4)28)26-22(31)16-7-6-8-17(20(16)30)25-11-27/h6-8,11-15,19,21,28,30H,9-10H2,1-5H3,(H,25,27)(H,26,31)(H,32,33)/t13?,14?,15?,19-,21?/m0/s1. The van der Waals surface area contributed by atoms with Crippen LogP contribution in [-0.2, 0) is 28.7 Å². The molecular weight excluding hydrogens is 476 g/mol. The number of carbonyl (C=O) groups is 5. The van der Waals surface area contributed by atoms with Gasteiger partial charge < -0.3 is 35.4 Å². The number of esters is 2. The van der Waals surface area contributed by atoms with Gasteiger partial charge in [0.05, 0.1) is 23.3 Å². The maximum absolute atomic E-state index is 12.8. The van der Waals surface area contributed by atoms with Crippen LogP contribution in [0.3, 0.4) is 0 Å². The number of aliphatic carboxylic acids is 1. The quantitative estimate of drug-likeness (QED) is 0.139. The summed E-state index contributed by atoms with van der Waals surface area (Å²) < 4.78 is 10.6. The molecule has 4 unspecified atom stereocenters. The Hall–Kier alpha value is -3.67. The van der Waals surface area contributed by atoms with Gasteiger partial charge in [0.25, 0.3) is 5.91 Å². The molecule has 200 valence electrons. The predicted molar refractivity (Wildman–Crippen MR) is 127 cm³/mol. The van der Waals surface area contributed by atoms with Crippen molar-refractivity contribution in [3.63, 3.8) is 0 Å². The van der Waals surface area contributed by atoms with Gasteiger partial charge in [-0.25, -0.2) is 4.79 Å². The van der Waals surface area contributed by atoms with Crippen LogP contribution in [0.5, 0.6) is 5.75 Å².